The first kappa shape index (κ1) is 21.0. The van der Waals surface area contributed by atoms with Gasteiger partial charge in [0.1, 0.15) is 0 Å². The smallest absolute Gasteiger partial charge is 0.251 e. The molecule has 6 nitrogen and oxygen atoms in total. The number of ether oxygens (including phenoxy) is 2. The lowest BCUT2D eigenvalue weighted by molar-refractivity contribution is -0.116. The fourth-order valence-corrected chi connectivity index (χ4v) is 2.57. The Balaban J connectivity index is 1.95. The Morgan fingerprint density at radius 3 is 2.57 bits per heavy atom. The third-order valence-electron chi connectivity index (χ3n) is 3.91. The van der Waals surface area contributed by atoms with E-state index in [4.69, 9.17) is 9.47 Å². The average molecular weight is 382 g/mol. The predicted octanol–water partition coefficient (Wildman–Crippen LogP) is 3.17. The van der Waals surface area contributed by atoms with Gasteiger partial charge in [0.15, 0.2) is 11.5 Å². The topological polar surface area (TPSA) is 76.7 Å². The molecule has 6 heteroatoms. The third-order valence-corrected chi connectivity index (χ3v) is 3.91. The molecule has 0 radical (unpaired) electrons. The zero-order valence-electron chi connectivity index (χ0n) is 16.5. The van der Waals surface area contributed by atoms with E-state index < -0.39 is 0 Å². The summed E-state index contributed by atoms with van der Waals surface area (Å²) >= 11 is 0. The lowest BCUT2D eigenvalue weighted by atomic mass is 10.1. The van der Waals surface area contributed by atoms with Crippen molar-refractivity contribution in [3.8, 4) is 11.5 Å². The van der Waals surface area contributed by atoms with Crippen molar-refractivity contribution in [3.63, 3.8) is 0 Å². The lowest BCUT2D eigenvalue weighted by Crippen LogP contribution is -2.23. The Labute approximate surface area is 165 Å². The second-order valence-electron chi connectivity index (χ2n) is 5.95. The molecule has 2 aromatic rings. The Morgan fingerprint density at radius 2 is 1.86 bits per heavy atom. The van der Waals surface area contributed by atoms with Crippen LogP contribution in [0.4, 0.5) is 0 Å². The summed E-state index contributed by atoms with van der Waals surface area (Å²) in [5.41, 5.74) is 2.26. The van der Waals surface area contributed by atoms with E-state index >= 15 is 0 Å². The van der Waals surface area contributed by atoms with Crippen molar-refractivity contribution in [2.75, 3.05) is 20.3 Å². The quantitative estimate of drug-likeness (QED) is 0.653. The van der Waals surface area contributed by atoms with E-state index in [0.29, 0.717) is 36.8 Å². The summed E-state index contributed by atoms with van der Waals surface area (Å²) in [7, 11) is 1.58. The molecular formula is C22H26N2O4. The average Bonchev–Trinajstić information content (AvgIpc) is 2.72. The van der Waals surface area contributed by atoms with Gasteiger partial charge in [0.25, 0.3) is 5.91 Å². The fraction of sp³-hybridized carbons (Fsp3) is 0.273. The van der Waals surface area contributed by atoms with Crippen LogP contribution in [0.2, 0.25) is 0 Å². The van der Waals surface area contributed by atoms with Crippen LogP contribution in [0, 0.1) is 0 Å². The summed E-state index contributed by atoms with van der Waals surface area (Å²) in [6.07, 6.45) is 3.17. The standard InChI is InChI=1S/C22H26N2O4/c1-4-23-22(26)18-8-6-7-17(13-18)15-24-21(25)12-10-16-9-11-19(28-5-2)20(14-16)27-3/h6-14H,4-5,15H2,1-3H3,(H,23,26)(H,24,25)/b12-10+. The molecule has 148 valence electrons. The molecule has 2 aromatic carbocycles. The number of benzene rings is 2. The molecule has 0 heterocycles. The molecule has 28 heavy (non-hydrogen) atoms. The molecule has 0 saturated heterocycles. The van der Waals surface area contributed by atoms with Crippen LogP contribution in [0.3, 0.4) is 0 Å². The summed E-state index contributed by atoms with van der Waals surface area (Å²) < 4.78 is 10.8. The molecular weight excluding hydrogens is 356 g/mol. The number of nitrogens with one attached hydrogen (secondary N) is 2. The second-order valence-corrected chi connectivity index (χ2v) is 5.95. The van der Waals surface area contributed by atoms with E-state index in [1.165, 1.54) is 6.08 Å². The van der Waals surface area contributed by atoms with Crippen LogP contribution in [0.15, 0.2) is 48.5 Å². The van der Waals surface area contributed by atoms with E-state index in [2.05, 4.69) is 10.6 Å². The first-order chi connectivity index (χ1) is 13.6. The summed E-state index contributed by atoms with van der Waals surface area (Å²) in [6, 6.07) is 12.7. The van der Waals surface area contributed by atoms with Crippen LogP contribution in [0.5, 0.6) is 11.5 Å². The molecule has 0 spiro atoms. The van der Waals surface area contributed by atoms with Gasteiger partial charge in [-0.3, -0.25) is 9.59 Å². The molecule has 0 atom stereocenters. The largest absolute Gasteiger partial charge is 0.493 e. The number of amides is 2. The van der Waals surface area contributed by atoms with Crippen LogP contribution in [-0.4, -0.2) is 32.1 Å². The number of hydrogen-bond acceptors (Lipinski definition) is 4. The molecule has 2 N–H and O–H groups in total. The van der Waals surface area contributed by atoms with Gasteiger partial charge in [-0.05, 0) is 55.3 Å². The van der Waals surface area contributed by atoms with Gasteiger partial charge < -0.3 is 20.1 Å². The number of rotatable bonds is 9. The van der Waals surface area contributed by atoms with Gasteiger partial charge in [-0.2, -0.15) is 0 Å². The normalized spacial score (nSPS) is 10.5. The van der Waals surface area contributed by atoms with Crippen molar-refractivity contribution in [3.05, 3.63) is 65.2 Å². The van der Waals surface area contributed by atoms with Crippen LogP contribution in [0.1, 0.15) is 35.3 Å². The lowest BCUT2D eigenvalue weighted by Gasteiger charge is -2.09. The van der Waals surface area contributed by atoms with E-state index in [9.17, 15) is 9.59 Å². The molecule has 0 aliphatic carbocycles. The molecule has 0 unspecified atom stereocenters. The van der Waals surface area contributed by atoms with E-state index in [1.807, 2.05) is 38.1 Å². The molecule has 2 amide bonds. The van der Waals surface area contributed by atoms with Gasteiger partial charge in [-0.15, -0.1) is 0 Å². The first-order valence-electron chi connectivity index (χ1n) is 9.21. The van der Waals surface area contributed by atoms with Crippen LogP contribution in [-0.2, 0) is 11.3 Å². The highest BCUT2D eigenvalue weighted by Crippen LogP contribution is 2.28. The van der Waals surface area contributed by atoms with Gasteiger partial charge in [-0.1, -0.05) is 18.2 Å². The van der Waals surface area contributed by atoms with Gasteiger partial charge in [0, 0.05) is 24.7 Å². The van der Waals surface area contributed by atoms with Gasteiger partial charge in [0.2, 0.25) is 5.91 Å². The summed E-state index contributed by atoms with van der Waals surface area (Å²) in [6.45, 7) is 5.23. The number of methoxy groups -OCH3 is 1. The van der Waals surface area contributed by atoms with E-state index in [0.717, 1.165) is 11.1 Å². The summed E-state index contributed by atoms with van der Waals surface area (Å²) in [5, 5.41) is 5.57. The maximum absolute atomic E-state index is 12.1. The number of carbonyl (C=O) groups excluding carboxylic acids is 2. The minimum atomic E-state index is -0.226. The van der Waals surface area contributed by atoms with Crippen molar-refractivity contribution in [2.45, 2.75) is 20.4 Å². The van der Waals surface area contributed by atoms with Crippen LogP contribution >= 0.6 is 0 Å². The zero-order chi connectivity index (χ0) is 20.4. The maximum atomic E-state index is 12.1. The van der Waals surface area contributed by atoms with Crippen LogP contribution < -0.4 is 20.1 Å². The van der Waals surface area contributed by atoms with Gasteiger partial charge in [-0.25, -0.2) is 0 Å². The highest BCUT2D eigenvalue weighted by atomic mass is 16.5. The van der Waals surface area contributed by atoms with Crippen molar-refractivity contribution >= 4 is 17.9 Å². The Morgan fingerprint density at radius 1 is 1.04 bits per heavy atom. The monoisotopic (exact) mass is 382 g/mol. The molecule has 0 aliphatic rings. The fourth-order valence-electron chi connectivity index (χ4n) is 2.57. The van der Waals surface area contributed by atoms with Crippen LogP contribution in [0.25, 0.3) is 6.08 Å². The Bertz CT molecular complexity index is 846. The minimum Gasteiger partial charge on any atom is -0.493 e. The van der Waals surface area contributed by atoms with Gasteiger partial charge >= 0.3 is 0 Å². The number of carbonyl (C=O) groups is 2. The Kier molecular flexibility index (Phi) is 8.09. The molecule has 0 aliphatic heterocycles. The highest BCUT2D eigenvalue weighted by molar-refractivity contribution is 5.94. The third kappa shape index (κ3) is 6.16. The molecule has 0 aromatic heterocycles. The number of hydrogen-bond donors (Lipinski definition) is 2. The molecule has 0 fully saturated rings. The summed E-state index contributed by atoms with van der Waals surface area (Å²) in [5.74, 6) is 0.932. The zero-order valence-corrected chi connectivity index (χ0v) is 16.5. The predicted molar refractivity (Wildman–Crippen MR) is 109 cm³/mol. The van der Waals surface area contributed by atoms with Gasteiger partial charge in [0.05, 0.1) is 13.7 Å². The van der Waals surface area contributed by atoms with Crippen molar-refractivity contribution < 1.29 is 19.1 Å². The Hall–Kier alpha value is -3.28. The van der Waals surface area contributed by atoms with E-state index in [1.54, 1.807) is 31.4 Å². The van der Waals surface area contributed by atoms with Crippen molar-refractivity contribution in [1.29, 1.82) is 0 Å². The summed E-state index contributed by atoms with van der Waals surface area (Å²) in [4.78, 5) is 24.0. The first-order valence-corrected chi connectivity index (χ1v) is 9.21. The van der Waals surface area contributed by atoms with Crippen molar-refractivity contribution in [1.82, 2.24) is 10.6 Å². The highest BCUT2D eigenvalue weighted by Gasteiger charge is 2.06. The SMILES string of the molecule is CCNC(=O)c1cccc(CNC(=O)/C=C/c2ccc(OCC)c(OC)c2)c1. The molecule has 2 rings (SSSR count). The van der Waals surface area contributed by atoms with E-state index in [-0.39, 0.29) is 11.8 Å². The minimum absolute atomic E-state index is 0.125. The molecule has 0 saturated carbocycles. The maximum Gasteiger partial charge on any atom is 0.251 e. The second kappa shape index (κ2) is 10.8. The molecule has 0 bridgehead atoms. The van der Waals surface area contributed by atoms with Crippen molar-refractivity contribution in [2.24, 2.45) is 0 Å².